The van der Waals surface area contributed by atoms with Gasteiger partial charge in [-0.05, 0) is 36.4 Å². The van der Waals surface area contributed by atoms with Crippen LogP contribution in [-0.4, -0.2) is 20.4 Å². The molecular weight excluding hydrogens is 266 g/mol. The molecule has 0 aliphatic heterocycles. The van der Waals surface area contributed by atoms with Crippen molar-refractivity contribution in [3.8, 4) is 17.1 Å². The first-order chi connectivity index (χ1) is 10.1. The molecule has 0 bridgehead atoms. The SMILES string of the molecule is NC(=O)c1cc(-n2ccnc2-c2ccc(N)cc2)ccn1. The van der Waals surface area contributed by atoms with Crippen LogP contribution in [0.25, 0.3) is 17.1 Å². The first-order valence-electron chi connectivity index (χ1n) is 6.30. The minimum Gasteiger partial charge on any atom is -0.399 e. The van der Waals surface area contributed by atoms with Gasteiger partial charge in [-0.15, -0.1) is 0 Å². The Bertz CT molecular complexity index is 792. The van der Waals surface area contributed by atoms with E-state index in [2.05, 4.69) is 9.97 Å². The van der Waals surface area contributed by atoms with E-state index in [4.69, 9.17) is 11.5 Å². The first kappa shape index (κ1) is 12.9. The normalized spacial score (nSPS) is 10.5. The lowest BCUT2D eigenvalue weighted by atomic mass is 10.2. The topological polar surface area (TPSA) is 99.8 Å². The fourth-order valence-electron chi connectivity index (χ4n) is 2.06. The number of carbonyl (C=O) groups is 1. The molecule has 0 aliphatic carbocycles. The van der Waals surface area contributed by atoms with Gasteiger partial charge < -0.3 is 11.5 Å². The van der Waals surface area contributed by atoms with Crippen molar-refractivity contribution in [3.63, 3.8) is 0 Å². The highest BCUT2D eigenvalue weighted by Gasteiger charge is 2.10. The Morgan fingerprint density at radius 2 is 1.81 bits per heavy atom. The lowest BCUT2D eigenvalue weighted by Gasteiger charge is -2.08. The number of amides is 1. The number of nitrogen functional groups attached to an aromatic ring is 1. The molecule has 1 aromatic carbocycles. The standard InChI is InChI=1S/C15H13N5O/c16-11-3-1-10(2-4-11)15-19-7-8-20(15)12-5-6-18-13(9-12)14(17)21/h1-9H,16H2,(H2,17,21). The second-order valence-corrected chi connectivity index (χ2v) is 4.51. The van der Waals surface area contributed by atoms with Crippen LogP contribution in [0.1, 0.15) is 10.5 Å². The van der Waals surface area contributed by atoms with Crippen molar-refractivity contribution in [1.29, 1.82) is 0 Å². The van der Waals surface area contributed by atoms with Crippen LogP contribution in [-0.2, 0) is 0 Å². The number of pyridine rings is 1. The predicted octanol–water partition coefficient (Wildman–Crippen LogP) is 1.62. The van der Waals surface area contributed by atoms with Crippen LogP contribution in [0, 0.1) is 0 Å². The largest absolute Gasteiger partial charge is 0.399 e. The molecule has 2 heterocycles. The predicted molar refractivity (Wildman–Crippen MR) is 79.7 cm³/mol. The van der Waals surface area contributed by atoms with E-state index in [-0.39, 0.29) is 5.69 Å². The number of nitrogens with two attached hydrogens (primary N) is 2. The summed E-state index contributed by atoms with van der Waals surface area (Å²) in [6, 6.07) is 10.8. The monoisotopic (exact) mass is 279 g/mol. The number of carbonyl (C=O) groups excluding carboxylic acids is 1. The minimum absolute atomic E-state index is 0.212. The van der Waals surface area contributed by atoms with E-state index in [1.54, 1.807) is 24.5 Å². The van der Waals surface area contributed by atoms with Crippen molar-refractivity contribution in [2.45, 2.75) is 0 Å². The molecule has 0 atom stereocenters. The highest BCUT2D eigenvalue weighted by Crippen LogP contribution is 2.22. The number of benzene rings is 1. The van der Waals surface area contributed by atoms with Crippen LogP contribution < -0.4 is 11.5 Å². The molecule has 4 N–H and O–H groups in total. The van der Waals surface area contributed by atoms with Gasteiger partial charge in [0.2, 0.25) is 0 Å². The zero-order chi connectivity index (χ0) is 14.8. The fraction of sp³-hybridized carbons (Fsp3) is 0. The van der Waals surface area contributed by atoms with Crippen molar-refractivity contribution in [2.24, 2.45) is 5.73 Å². The summed E-state index contributed by atoms with van der Waals surface area (Å²) in [5.41, 5.74) is 13.6. The van der Waals surface area contributed by atoms with E-state index < -0.39 is 5.91 Å². The molecule has 0 unspecified atom stereocenters. The molecule has 1 amide bonds. The summed E-state index contributed by atoms with van der Waals surface area (Å²) in [7, 11) is 0. The number of imidazole rings is 1. The smallest absolute Gasteiger partial charge is 0.267 e. The molecule has 3 rings (SSSR count). The summed E-state index contributed by atoms with van der Waals surface area (Å²) in [6.07, 6.45) is 5.05. The van der Waals surface area contributed by atoms with Crippen molar-refractivity contribution >= 4 is 11.6 Å². The highest BCUT2D eigenvalue weighted by atomic mass is 16.1. The van der Waals surface area contributed by atoms with E-state index >= 15 is 0 Å². The Labute approximate surface area is 121 Å². The third-order valence-corrected chi connectivity index (χ3v) is 3.08. The molecule has 0 saturated heterocycles. The van der Waals surface area contributed by atoms with Crippen molar-refractivity contribution in [3.05, 3.63) is 60.7 Å². The van der Waals surface area contributed by atoms with E-state index in [0.717, 1.165) is 17.1 Å². The van der Waals surface area contributed by atoms with E-state index in [1.807, 2.05) is 35.0 Å². The van der Waals surface area contributed by atoms with Gasteiger partial charge in [0.1, 0.15) is 11.5 Å². The first-order valence-corrected chi connectivity index (χ1v) is 6.30. The van der Waals surface area contributed by atoms with Gasteiger partial charge >= 0.3 is 0 Å². The molecule has 2 aromatic heterocycles. The average Bonchev–Trinajstić information content (AvgIpc) is 2.97. The summed E-state index contributed by atoms with van der Waals surface area (Å²) in [4.78, 5) is 19.5. The summed E-state index contributed by atoms with van der Waals surface area (Å²) >= 11 is 0. The molecule has 0 aliphatic rings. The van der Waals surface area contributed by atoms with Crippen molar-refractivity contribution in [1.82, 2.24) is 14.5 Å². The number of rotatable bonds is 3. The summed E-state index contributed by atoms with van der Waals surface area (Å²) in [6.45, 7) is 0. The molecule has 0 radical (unpaired) electrons. The summed E-state index contributed by atoms with van der Waals surface area (Å²) in [5.74, 6) is 0.183. The molecule has 0 fully saturated rings. The molecule has 6 heteroatoms. The molecule has 0 spiro atoms. The third kappa shape index (κ3) is 2.46. The Balaban J connectivity index is 2.08. The number of nitrogens with zero attached hydrogens (tertiary/aromatic N) is 3. The van der Waals surface area contributed by atoms with Gasteiger partial charge in [-0.3, -0.25) is 14.3 Å². The van der Waals surface area contributed by atoms with Gasteiger partial charge in [-0.1, -0.05) is 0 Å². The van der Waals surface area contributed by atoms with E-state index in [1.165, 1.54) is 0 Å². The Kier molecular flexibility index (Phi) is 3.12. The number of aromatic nitrogens is 3. The van der Waals surface area contributed by atoms with Crippen molar-refractivity contribution in [2.75, 3.05) is 5.73 Å². The van der Waals surface area contributed by atoms with Crippen LogP contribution >= 0.6 is 0 Å². The van der Waals surface area contributed by atoms with Gasteiger partial charge in [0, 0.05) is 29.8 Å². The van der Waals surface area contributed by atoms with Crippen molar-refractivity contribution < 1.29 is 4.79 Å². The number of hydrogen-bond acceptors (Lipinski definition) is 4. The van der Waals surface area contributed by atoms with Crippen LogP contribution in [0.5, 0.6) is 0 Å². The van der Waals surface area contributed by atoms with Gasteiger partial charge in [0.15, 0.2) is 0 Å². The van der Waals surface area contributed by atoms with Gasteiger partial charge in [-0.25, -0.2) is 4.98 Å². The lowest BCUT2D eigenvalue weighted by molar-refractivity contribution is 0.0995. The van der Waals surface area contributed by atoms with Crippen LogP contribution in [0.2, 0.25) is 0 Å². The van der Waals surface area contributed by atoms with E-state index in [0.29, 0.717) is 5.69 Å². The summed E-state index contributed by atoms with van der Waals surface area (Å²) < 4.78 is 1.86. The van der Waals surface area contributed by atoms with Gasteiger partial charge in [-0.2, -0.15) is 0 Å². The number of anilines is 1. The maximum atomic E-state index is 11.2. The third-order valence-electron chi connectivity index (χ3n) is 3.08. The van der Waals surface area contributed by atoms with Crippen LogP contribution in [0.15, 0.2) is 55.0 Å². The highest BCUT2D eigenvalue weighted by molar-refractivity contribution is 5.91. The van der Waals surface area contributed by atoms with Crippen LogP contribution in [0.3, 0.4) is 0 Å². The minimum atomic E-state index is -0.564. The van der Waals surface area contributed by atoms with Gasteiger partial charge in [0.25, 0.3) is 5.91 Å². The van der Waals surface area contributed by atoms with Gasteiger partial charge in [0.05, 0.1) is 5.69 Å². The second-order valence-electron chi connectivity index (χ2n) is 4.51. The zero-order valence-electron chi connectivity index (χ0n) is 11.1. The fourth-order valence-corrected chi connectivity index (χ4v) is 2.06. The molecule has 0 saturated carbocycles. The maximum absolute atomic E-state index is 11.2. The Morgan fingerprint density at radius 3 is 2.52 bits per heavy atom. The summed E-state index contributed by atoms with van der Waals surface area (Å²) in [5, 5.41) is 0. The molecule has 21 heavy (non-hydrogen) atoms. The van der Waals surface area contributed by atoms with Crippen LogP contribution in [0.4, 0.5) is 5.69 Å². The molecule has 104 valence electrons. The molecule has 6 nitrogen and oxygen atoms in total. The Hall–Kier alpha value is -3.15. The second kappa shape index (κ2) is 5.09. The number of primary amides is 1. The maximum Gasteiger partial charge on any atom is 0.267 e. The Morgan fingerprint density at radius 1 is 1.05 bits per heavy atom. The average molecular weight is 279 g/mol. The zero-order valence-corrected chi connectivity index (χ0v) is 11.1. The number of hydrogen-bond donors (Lipinski definition) is 2. The quantitative estimate of drug-likeness (QED) is 0.711. The molecule has 3 aromatic rings. The van der Waals surface area contributed by atoms with E-state index in [9.17, 15) is 4.79 Å². The molecular formula is C15H13N5O. The lowest BCUT2D eigenvalue weighted by Crippen LogP contribution is -2.13.